The average molecular weight is 599 g/mol. The van der Waals surface area contributed by atoms with Crippen LogP contribution in [0.25, 0.3) is 0 Å². The SMILES string of the molecule is CCCCCCCCCCCCCCCCC=CC(CC(=O)[O-])C(=O)[O-].CC[N+](C)(CC)CC.CC[N+](C)(CC)CC. The van der Waals surface area contributed by atoms with Crippen molar-refractivity contribution in [3.63, 3.8) is 0 Å². The largest absolute Gasteiger partial charge is 0.550 e. The van der Waals surface area contributed by atoms with Crippen molar-refractivity contribution >= 4 is 11.9 Å². The molecule has 0 spiro atoms. The van der Waals surface area contributed by atoms with Crippen molar-refractivity contribution < 1.29 is 28.8 Å². The first-order valence-corrected chi connectivity index (χ1v) is 17.7. The molecule has 0 rings (SSSR count). The number of allylic oxidation sites excluding steroid dienone is 1. The van der Waals surface area contributed by atoms with Crippen LogP contribution in [-0.4, -0.2) is 74.3 Å². The highest BCUT2D eigenvalue weighted by molar-refractivity contribution is 5.77. The van der Waals surface area contributed by atoms with Crippen LogP contribution in [0.5, 0.6) is 0 Å². The summed E-state index contributed by atoms with van der Waals surface area (Å²) in [6, 6.07) is 0. The van der Waals surface area contributed by atoms with Crippen LogP contribution in [0.3, 0.4) is 0 Å². The first kappa shape index (κ1) is 45.0. The number of carbonyl (C=O) groups excluding carboxylic acids is 2. The van der Waals surface area contributed by atoms with E-state index >= 15 is 0 Å². The van der Waals surface area contributed by atoms with E-state index in [2.05, 4.69) is 62.6 Å². The molecule has 42 heavy (non-hydrogen) atoms. The predicted octanol–water partition coefficient (Wildman–Crippen LogP) is 6.91. The monoisotopic (exact) mass is 599 g/mol. The number of hydrogen-bond donors (Lipinski definition) is 0. The molecule has 0 saturated heterocycles. The summed E-state index contributed by atoms with van der Waals surface area (Å²) in [6.07, 6.45) is 21.8. The second-order valence-electron chi connectivity index (χ2n) is 12.5. The Morgan fingerprint density at radius 2 is 0.857 bits per heavy atom. The van der Waals surface area contributed by atoms with Gasteiger partial charge in [0, 0.05) is 17.9 Å². The Hall–Kier alpha value is -1.40. The molecule has 0 aliphatic rings. The van der Waals surface area contributed by atoms with Crippen LogP contribution in [0.15, 0.2) is 12.2 Å². The summed E-state index contributed by atoms with van der Waals surface area (Å²) in [5.41, 5.74) is 0. The Labute approximate surface area is 263 Å². The molecule has 6 nitrogen and oxygen atoms in total. The topological polar surface area (TPSA) is 80.3 Å². The van der Waals surface area contributed by atoms with Gasteiger partial charge in [0.25, 0.3) is 0 Å². The van der Waals surface area contributed by atoms with E-state index < -0.39 is 24.3 Å². The lowest BCUT2D eigenvalue weighted by Gasteiger charge is -2.30. The molecule has 0 bridgehead atoms. The van der Waals surface area contributed by atoms with E-state index in [9.17, 15) is 19.8 Å². The average Bonchev–Trinajstić information content (AvgIpc) is 2.99. The minimum absolute atomic E-state index is 0.516. The molecule has 6 heteroatoms. The van der Waals surface area contributed by atoms with Crippen LogP contribution in [0.4, 0.5) is 0 Å². The van der Waals surface area contributed by atoms with Gasteiger partial charge in [-0.1, -0.05) is 103 Å². The highest BCUT2D eigenvalue weighted by Gasteiger charge is 2.11. The molecule has 0 aliphatic heterocycles. The Balaban J connectivity index is -0.000000770. The number of hydrogen-bond acceptors (Lipinski definition) is 4. The van der Waals surface area contributed by atoms with Crippen molar-refractivity contribution in [2.45, 2.75) is 151 Å². The number of quaternary nitrogens is 2. The van der Waals surface area contributed by atoms with E-state index in [0.717, 1.165) is 19.3 Å². The molecule has 1 atom stereocenters. The van der Waals surface area contributed by atoms with Gasteiger partial charge in [-0.05, 0) is 60.8 Å². The second-order valence-corrected chi connectivity index (χ2v) is 12.5. The molecule has 0 aromatic heterocycles. The quantitative estimate of drug-likeness (QED) is 0.0650. The molecule has 252 valence electrons. The van der Waals surface area contributed by atoms with Crippen LogP contribution in [-0.2, 0) is 9.59 Å². The number of carboxylic acid groups (broad SMARTS) is 2. The molecule has 0 fully saturated rings. The molecule has 0 aromatic rings. The van der Waals surface area contributed by atoms with Gasteiger partial charge in [-0.15, -0.1) is 0 Å². The lowest BCUT2D eigenvalue weighted by Crippen LogP contribution is -2.42. The smallest absolute Gasteiger partial charge is 0.0755 e. The minimum atomic E-state index is -1.36. The van der Waals surface area contributed by atoms with E-state index in [-0.39, 0.29) is 0 Å². The van der Waals surface area contributed by atoms with Crippen molar-refractivity contribution in [3.8, 4) is 0 Å². The highest BCUT2D eigenvalue weighted by atomic mass is 16.4. The number of carboxylic acids is 2. The van der Waals surface area contributed by atoms with Crippen molar-refractivity contribution in [3.05, 3.63) is 12.2 Å². The van der Waals surface area contributed by atoms with Crippen molar-refractivity contribution in [2.24, 2.45) is 5.92 Å². The fourth-order valence-corrected chi connectivity index (χ4v) is 4.47. The number of carbonyl (C=O) groups is 2. The van der Waals surface area contributed by atoms with E-state index in [1.807, 2.05) is 0 Å². The lowest BCUT2D eigenvalue weighted by atomic mass is 10.0. The summed E-state index contributed by atoms with van der Waals surface area (Å²) >= 11 is 0. The highest BCUT2D eigenvalue weighted by Crippen LogP contribution is 2.14. The Kier molecular flexibility index (Phi) is 33.3. The molecular formula is C36H74N2O4. The minimum Gasteiger partial charge on any atom is -0.550 e. The third kappa shape index (κ3) is 30.1. The number of rotatable bonds is 25. The summed E-state index contributed by atoms with van der Waals surface area (Å²) in [5.74, 6) is -3.79. The van der Waals surface area contributed by atoms with Crippen LogP contribution in [0, 0.1) is 5.92 Å². The summed E-state index contributed by atoms with van der Waals surface area (Å²) in [5, 5.41) is 21.2. The molecule has 0 aliphatic carbocycles. The van der Waals surface area contributed by atoms with Crippen LogP contribution < -0.4 is 10.2 Å². The van der Waals surface area contributed by atoms with Crippen molar-refractivity contribution in [1.82, 2.24) is 0 Å². The lowest BCUT2D eigenvalue weighted by molar-refractivity contribution is -0.904. The normalized spacial score (nSPS) is 12.3. The molecular weight excluding hydrogens is 524 g/mol. The fraction of sp³-hybridized carbons (Fsp3) is 0.889. The van der Waals surface area contributed by atoms with Gasteiger partial charge in [0.2, 0.25) is 0 Å². The van der Waals surface area contributed by atoms with Gasteiger partial charge in [-0.2, -0.15) is 0 Å². The van der Waals surface area contributed by atoms with Crippen LogP contribution in [0.2, 0.25) is 0 Å². The van der Waals surface area contributed by atoms with Gasteiger partial charge in [-0.25, -0.2) is 0 Å². The second kappa shape index (κ2) is 31.0. The van der Waals surface area contributed by atoms with Crippen LogP contribution in [0.1, 0.15) is 151 Å². The molecule has 0 amide bonds. The first-order chi connectivity index (χ1) is 19.9. The summed E-state index contributed by atoms with van der Waals surface area (Å²) in [4.78, 5) is 21.2. The molecule has 1 unspecified atom stereocenters. The molecule has 0 N–H and O–H groups in total. The zero-order valence-corrected chi connectivity index (χ0v) is 29.8. The summed E-state index contributed by atoms with van der Waals surface area (Å²) in [7, 11) is 4.58. The maximum absolute atomic E-state index is 10.8. The van der Waals surface area contributed by atoms with Gasteiger partial charge in [0.15, 0.2) is 0 Å². The van der Waals surface area contributed by atoms with Crippen molar-refractivity contribution in [1.29, 1.82) is 0 Å². The molecule has 0 aromatic carbocycles. The third-order valence-corrected chi connectivity index (χ3v) is 9.36. The Morgan fingerprint density at radius 1 is 0.548 bits per heavy atom. The zero-order chi connectivity index (χ0) is 32.7. The standard InChI is InChI=1S/C22H40O4.2C7H18N/c1-2-3-4-5-6-7-8-9-10-11-12-13-14-15-16-17-18-20(22(25)26)19-21(23)24;2*1-5-8(4,6-2)7-3/h17-18,20H,2-16,19H2,1H3,(H,23,24)(H,25,26);2*5-7H2,1-4H3/q;2*+1/p-2. The first-order valence-electron chi connectivity index (χ1n) is 17.7. The third-order valence-electron chi connectivity index (χ3n) is 9.36. The molecule has 0 heterocycles. The van der Waals surface area contributed by atoms with Crippen molar-refractivity contribution in [2.75, 3.05) is 53.4 Å². The fourth-order valence-electron chi connectivity index (χ4n) is 4.47. The van der Waals surface area contributed by atoms with Gasteiger partial charge in [0.1, 0.15) is 0 Å². The van der Waals surface area contributed by atoms with Gasteiger partial charge in [0.05, 0.1) is 53.4 Å². The number of nitrogens with zero attached hydrogens (tertiary/aromatic N) is 2. The predicted molar refractivity (Wildman–Crippen MR) is 178 cm³/mol. The number of aliphatic carboxylic acids is 2. The van der Waals surface area contributed by atoms with Crippen LogP contribution >= 0.6 is 0 Å². The summed E-state index contributed by atoms with van der Waals surface area (Å²) < 4.78 is 2.42. The molecule has 0 saturated carbocycles. The number of unbranched alkanes of at least 4 members (excludes halogenated alkanes) is 14. The van der Waals surface area contributed by atoms with Gasteiger partial charge < -0.3 is 28.8 Å². The van der Waals surface area contributed by atoms with E-state index in [4.69, 9.17) is 0 Å². The Bertz CT molecular complexity index is 593. The van der Waals surface area contributed by atoms with E-state index in [0.29, 0.717) is 0 Å². The maximum atomic E-state index is 10.8. The zero-order valence-electron chi connectivity index (χ0n) is 29.8. The van der Waals surface area contributed by atoms with Gasteiger partial charge >= 0.3 is 0 Å². The summed E-state index contributed by atoms with van der Waals surface area (Å²) in [6.45, 7) is 23.3. The maximum Gasteiger partial charge on any atom is 0.0755 e. The van der Waals surface area contributed by atoms with Gasteiger partial charge in [-0.3, -0.25) is 0 Å². The van der Waals surface area contributed by atoms with E-state index in [1.54, 1.807) is 6.08 Å². The Morgan fingerprint density at radius 3 is 1.10 bits per heavy atom. The van der Waals surface area contributed by atoms with E-state index in [1.165, 1.54) is 131 Å². The molecule has 0 radical (unpaired) electrons.